The standard InChI is InChI=1S/C14H22ClN3O/c1-4-5-6-17-14(19)10-7-12(16)13(8-11(10)15)18-9(2)3/h7-9,18H,4-6,16H2,1-3H3,(H,17,19). The molecule has 4 N–H and O–H groups in total. The van der Waals surface area contributed by atoms with Crippen LogP contribution in [0.1, 0.15) is 44.0 Å². The second-order valence-electron chi connectivity index (χ2n) is 4.83. The molecule has 0 aliphatic rings. The molecule has 0 saturated heterocycles. The van der Waals surface area contributed by atoms with E-state index in [9.17, 15) is 4.79 Å². The number of amides is 1. The summed E-state index contributed by atoms with van der Waals surface area (Å²) in [4.78, 5) is 12.0. The summed E-state index contributed by atoms with van der Waals surface area (Å²) in [6.45, 7) is 6.75. The Morgan fingerprint density at radius 2 is 2.11 bits per heavy atom. The molecule has 0 atom stereocenters. The van der Waals surface area contributed by atoms with Crippen LogP contribution in [-0.2, 0) is 0 Å². The summed E-state index contributed by atoms with van der Waals surface area (Å²) >= 11 is 6.14. The number of hydrogen-bond donors (Lipinski definition) is 3. The highest BCUT2D eigenvalue weighted by Crippen LogP contribution is 2.27. The summed E-state index contributed by atoms with van der Waals surface area (Å²) < 4.78 is 0. The topological polar surface area (TPSA) is 67.2 Å². The van der Waals surface area contributed by atoms with E-state index in [1.54, 1.807) is 12.1 Å². The Morgan fingerprint density at radius 3 is 2.68 bits per heavy atom. The molecule has 1 aromatic rings. The minimum absolute atomic E-state index is 0.179. The Labute approximate surface area is 119 Å². The quantitative estimate of drug-likeness (QED) is 0.554. The van der Waals surface area contributed by atoms with Crippen LogP contribution in [0.25, 0.3) is 0 Å². The molecule has 106 valence electrons. The second-order valence-corrected chi connectivity index (χ2v) is 5.23. The number of hydrogen-bond acceptors (Lipinski definition) is 3. The van der Waals surface area contributed by atoms with Gasteiger partial charge in [-0.15, -0.1) is 0 Å². The minimum Gasteiger partial charge on any atom is -0.397 e. The van der Waals surface area contributed by atoms with Crippen LogP contribution in [0.3, 0.4) is 0 Å². The molecule has 0 saturated carbocycles. The first-order chi connectivity index (χ1) is 8.95. The van der Waals surface area contributed by atoms with Crippen molar-refractivity contribution in [2.75, 3.05) is 17.6 Å². The van der Waals surface area contributed by atoms with Crippen LogP contribution in [0.15, 0.2) is 12.1 Å². The highest BCUT2D eigenvalue weighted by Gasteiger charge is 2.13. The molecule has 5 heteroatoms. The van der Waals surface area contributed by atoms with Crippen molar-refractivity contribution in [3.63, 3.8) is 0 Å². The average molecular weight is 284 g/mol. The van der Waals surface area contributed by atoms with E-state index in [1.165, 1.54) is 0 Å². The highest BCUT2D eigenvalue weighted by atomic mass is 35.5. The van der Waals surface area contributed by atoms with Crippen LogP contribution in [-0.4, -0.2) is 18.5 Å². The zero-order valence-electron chi connectivity index (χ0n) is 11.7. The zero-order chi connectivity index (χ0) is 14.4. The molecule has 1 amide bonds. The number of anilines is 2. The molecular weight excluding hydrogens is 262 g/mol. The normalized spacial score (nSPS) is 10.6. The summed E-state index contributed by atoms with van der Waals surface area (Å²) in [5, 5.41) is 6.43. The Balaban J connectivity index is 2.85. The van der Waals surface area contributed by atoms with Gasteiger partial charge in [0, 0.05) is 12.6 Å². The van der Waals surface area contributed by atoms with Crippen molar-refractivity contribution in [1.82, 2.24) is 5.32 Å². The van der Waals surface area contributed by atoms with E-state index in [-0.39, 0.29) is 11.9 Å². The van der Waals surface area contributed by atoms with Crippen LogP contribution in [0.4, 0.5) is 11.4 Å². The summed E-state index contributed by atoms with van der Waals surface area (Å²) in [5.74, 6) is -0.179. The molecule has 0 bridgehead atoms. The first-order valence-corrected chi connectivity index (χ1v) is 6.97. The lowest BCUT2D eigenvalue weighted by Crippen LogP contribution is -2.25. The van der Waals surface area contributed by atoms with Crippen molar-refractivity contribution in [3.05, 3.63) is 22.7 Å². The van der Waals surface area contributed by atoms with Gasteiger partial charge in [0.25, 0.3) is 5.91 Å². The lowest BCUT2D eigenvalue weighted by Gasteiger charge is -2.15. The van der Waals surface area contributed by atoms with Gasteiger partial charge in [-0.05, 0) is 32.4 Å². The molecule has 0 aromatic heterocycles. The molecule has 1 rings (SSSR count). The molecular formula is C14H22ClN3O. The van der Waals surface area contributed by atoms with Gasteiger partial charge in [0.15, 0.2) is 0 Å². The van der Waals surface area contributed by atoms with Crippen LogP contribution in [0.5, 0.6) is 0 Å². The number of rotatable bonds is 6. The number of nitrogens with two attached hydrogens (primary N) is 1. The van der Waals surface area contributed by atoms with Crippen LogP contribution in [0, 0.1) is 0 Å². The fraction of sp³-hybridized carbons (Fsp3) is 0.500. The molecule has 0 heterocycles. The third-order valence-corrected chi connectivity index (χ3v) is 2.96. The fourth-order valence-corrected chi connectivity index (χ4v) is 1.92. The fourth-order valence-electron chi connectivity index (χ4n) is 1.67. The number of carbonyl (C=O) groups excluding carboxylic acids is 1. The predicted molar refractivity (Wildman–Crippen MR) is 81.9 cm³/mol. The number of carbonyl (C=O) groups is 1. The second kappa shape index (κ2) is 7.24. The molecule has 0 fully saturated rings. The van der Waals surface area contributed by atoms with E-state index in [0.29, 0.717) is 22.8 Å². The van der Waals surface area contributed by atoms with E-state index in [2.05, 4.69) is 17.6 Å². The Morgan fingerprint density at radius 1 is 1.42 bits per heavy atom. The zero-order valence-corrected chi connectivity index (χ0v) is 12.5. The maximum Gasteiger partial charge on any atom is 0.252 e. The lowest BCUT2D eigenvalue weighted by atomic mass is 10.1. The van der Waals surface area contributed by atoms with E-state index >= 15 is 0 Å². The molecule has 0 radical (unpaired) electrons. The predicted octanol–water partition coefficient (Wildman–Crippen LogP) is 3.27. The number of unbranched alkanes of at least 4 members (excludes halogenated alkanes) is 1. The lowest BCUT2D eigenvalue weighted by molar-refractivity contribution is 0.0953. The van der Waals surface area contributed by atoms with E-state index in [0.717, 1.165) is 18.5 Å². The van der Waals surface area contributed by atoms with Crippen molar-refractivity contribution in [2.45, 2.75) is 39.7 Å². The summed E-state index contributed by atoms with van der Waals surface area (Å²) in [6, 6.07) is 3.57. The first kappa shape index (κ1) is 15.6. The monoisotopic (exact) mass is 283 g/mol. The van der Waals surface area contributed by atoms with Gasteiger partial charge in [0.2, 0.25) is 0 Å². The largest absolute Gasteiger partial charge is 0.397 e. The van der Waals surface area contributed by atoms with E-state index < -0.39 is 0 Å². The number of halogens is 1. The smallest absolute Gasteiger partial charge is 0.252 e. The van der Waals surface area contributed by atoms with Gasteiger partial charge in [0.05, 0.1) is 22.0 Å². The number of benzene rings is 1. The van der Waals surface area contributed by atoms with Crippen molar-refractivity contribution in [3.8, 4) is 0 Å². The van der Waals surface area contributed by atoms with E-state index in [1.807, 2.05) is 13.8 Å². The average Bonchev–Trinajstić information content (AvgIpc) is 2.33. The minimum atomic E-state index is -0.179. The third kappa shape index (κ3) is 4.63. The third-order valence-electron chi connectivity index (χ3n) is 2.64. The van der Waals surface area contributed by atoms with Gasteiger partial charge in [-0.3, -0.25) is 4.79 Å². The molecule has 19 heavy (non-hydrogen) atoms. The summed E-state index contributed by atoms with van der Waals surface area (Å²) in [7, 11) is 0. The summed E-state index contributed by atoms with van der Waals surface area (Å²) in [6.07, 6.45) is 1.99. The number of nitrogen functional groups attached to an aromatic ring is 1. The van der Waals surface area contributed by atoms with Crippen LogP contribution in [0.2, 0.25) is 5.02 Å². The van der Waals surface area contributed by atoms with Gasteiger partial charge in [-0.25, -0.2) is 0 Å². The molecule has 0 spiro atoms. The molecule has 0 aliphatic heterocycles. The molecule has 1 aromatic carbocycles. The molecule has 0 aliphatic carbocycles. The van der Waals surface area contributed by atoms with Gasteiger partial charge < -0.3 is 16.4 Å². The van der Waals surface area contributed by atoms with Crippen molar-refractivity contribution in [2.24, 2.45) is 0 Å². The maximum absolute atomic E-state index is 12.0. The van der Waals surface area contributed by atoms with Crippen LogP contribution < -0.4 is 16.4 Å². The number of nitrogens with one attached hydrogen (secondary N) is 2. The SMILES string of the molecule is CCCCNC(=O)c1cc(N)c(NC(C)C)cc1Cl. The Hall–Kier alpha value is -1.42. The van der Waals surface area contributed by atoms with Crippen molar-refractivity contribution < 1.29 is 4.79 Å². The van der Waals surface area contributed by atoms with E-state index in [4.69, 9.17) is 17.3 Å². The van der Waals surface area contributed by atoms with Gasteiger partial charge in [0.1, 0.15) is 0 Å². The van der Waals surface area contributed by atoms with Crippen molar-refractivity contribution >= 4 is 28.9 Å². The Kier molecular flexibility index (Phi) is 5.96. The van der Waals surface area contributed by atoms with Gasteiger partial charge in [-0.1, -0.05) is 24.9 Å². The molecule has 4 nitrogen and oxygen atoms in total. The highest BCUT2D eigenvalue weighted by molar-refractivity contribution is 6.34. The van der Waals surface area contributed by atoms with Crippen molar-refractivity contribution in [1.29, 1.82) is 0 Å². The maximum atomic E-state index is 12.0. The van der Waals surface area contributed by atoms with Gasteiger partial charge >= 0.3 is 0 Å². The Bertz CT molecular complexity index is 447. The molecule has 0 unspecified atom stereocenters. The summed E-state index contributed by atoms with van der Waals surface area (Å²) in [5.41, 5.74) is 7.63. The first-order valence-electron chi connectivity index (χ1n) is 6.59. The van der Waals surface area contributed by atoms with Crippen LogP contribution >= 0.6 is 11.6 Å². The van der Waals surface area contributed by atoms with Gasteiger partial charge in [-0.2, -0.15) is 0 Å².